The molecule has 340 valence electrons. The van der Waals surface area contributed by atoms with Gasteiger partial charge in [0.15, 0.2) is 9.84 Å². The number of carbonyl (C=O) groups excluding carboxylic acids is 2. The molecule has 16 heteroatoms. The Balaban J connectivity index is 2.08. The number of nitrogens with zero attached hydrogens (tertiary/aromatic N) is 1. The molecule has 0 saturated heterocycles. The number of sulfone groups is 1. The maximum absolute atomic E-state index is 13.1. The lowest BCUT2D eigenvalue weighted by molar-refractivity contribution is -0.121. The topological polar surface area (TPSA) is 151 Å². The number of carbonyl (C=O) groups is 2. The summed E-state index contributed by atoms with van der Waals surface area (Å²) in [5.41, 5.74) is 2.74. The van der Waals surface area contributed by atoms with Crippen molar-refractivity contribution >= 4 is 57.1 Å². The smallest absolute Gasteiger partial charge is 0.374 e. The quantitative estimate of drug-likeness (QED) is 0.0395. The molecule has 0 saturated carbocycles. The van der Waals surface area contributed by atoms with E-state index in [-0.39, 0.29) is 30.4 Å². The molecule has 0 fully saturated rings. The van der Waals surface area contributed by atoms with Crippen LogP contribution in [0.15, 0.2) is 53.4 Å². The van der Waals surface area contributed by atoms with E-state index in [1.54, 1.807) is 12.1 Å². The number of anilines is 1. The molecule has 60 heavy (non-hydrogen) atoms. The van der Waals surface area contributed by atoms with Gasteiger partial charge in [-0.25, -0.2) is 8.42 Å². The Bertz CT molecular complexity index is 1530. The maximum Gasteiger partial charge on any atom is 0.500 e. The van der Waals surface area contributed by atoms with Crippen molar-refractivity contribution in [3.8, 4) is 0 Å². The van der Waals surface area contributed by atoms with Gasteiger partial charge in [0.05, 0.1) is 10.6 Å². The van der Waals surface area contributed by atoms with E-state index in [0.717, 1.165) is 36.1 Å². The van der Waals surface area contributed by atoms with Crippen LogP contribution < -0.4 is 15.5 Å². The Kier molecular flexibility index (Phi) is 26.7. The van der Waals surface area contributed by atoms with Crippen LogP contribution in [0, 0.1) is 0 Å². The molecule has 0 bridgehead atoms. The fourth-order valence-electron chi connectivity index (χ4n) is 6.70. The molecule has 2 aromatic rings. The first-order valence-corrected chi connectivity index (χ1v) is 27.7. The minimum atomic E-state index is -3.30. The normalized spacial score (nSPS) is 12.2. The molecule has 0 atom stereocenters. The number of hydrogen-bond acceptors (Lipinski definition) is 11. The van der Waals surface area contributed by atoms with Crippen molar-refractivity contribution in [1.82, 2.24) is 10.6 Å². The molecule has 0 aliphatic heterocycles. The number of nitrogens with one attached hydrogen (secondary N) is 2. The number of amides is 2. The molecule has 0 unspecified atom stereocenters. The number of unbranched alkanes of at least 4 members (excludes halogenated alkanes) is 3. The summed E-state index contributed by atoms with van der Waals surface area (Å²) in [6, 6.07) is 16.2. The number of benzene rings is 2. The zero-order valence-corrected chi connectivity index (χ0v) is 40.4. The summed E-state index contributed by atoms with van der Waals surface area (Å²) in [5, 5.41) is 6.07. The van der Waals surface area contributed by atoms with Gasteiger partial charge in [0.1, 0.15) is 0 Å². The van der Waals surface area contributed by atoms with Crippen LogP contribution in [0.4, 0.5) is 5.69 Å². The van der Waals surface area contributed by atoms with Crippen LogP contribution >= 0.6 is 0 Å². The van der Waals surface area contributed by atoms with Crippen LogP contribution in [0.2, 0.25) is 12.1 Å². The second-order valence-corrected chi connectivity index (χ2v) is 21.8. The predicted molar refractivity (Wildman–Crippen MR) is 246 cm³/mol. The molecule has 0 spiro atoms. The first kappa shape index (κ1) is 53.2. The highest BCUT2D eigenvalue weighted by molar-refractivity contribution is 7.91. The minimum absolute atomic E-state index is 0.0821. The van der Waals surface area contributed by atoms with Gasteiger partial charge < -0.3 is 42.1 Å². The van der Waals surface area contributed by atoms with Gasteiger partial charge in [-0.15, -0.1) is 0 Å². The van der Waals surface area contributed by atoms with Gasteiger partial charge in [-0.05, 0) is 96.2 Å². The van der Waals surface area contributed by atoms with Crippen LogP contribution in [-0.4, -0.2) is 109 Å². The van der Waals surface area contributed by atoms with Crippen molar-refractivity contribution < 1.29 is 44.6 Å². The number of hydrogen-bond donors (Lipinski definition) is 2. The largest absolute Gasteiger partial charge is 0.500 e. The van der Waals surface area contributed by atoms with Crippen molar-refractivity contribution in [2.24, 2.45) is 0 Å². The molecule has 0 aromatic heterocycles. The summed E-state index contributed by atoms with van der Waals surface area (Å²) < 4.78 is 61.2. The van der Waals surface area contributed by atoms with Gasteiger partial charge >= 0.3 is 17.6 Å². The second kappa shape index (κ2) is 30.2. The van der Waals surface area contributed by atoms with Crippen molar-refractivity contribution in [1.29, 1.82) is 0 Å². The molecule has 2 aromatic carbocycles. The first-order chi connectivity index (χ1) is 28.9. The summed E-state index contributed by atoms with van der Waals surface area (Å²) in [4.78, 5) is 28.5. The molecule has 0 radical (unpaired) electrons. The molecular weight excluding hydrogens is 819 g/mol. The van der Waals surface area contributed by atoms with E-state index in [1.165, 1.54) is 0 Å². The Morgan fingerprint density at radius 3 is 1.35 bits per heavy atom. The highest BCUT2D eigenvalue weighted by Gasteiger charge is 2.40. The standard InChI is InChI=1S/C44H75N3O10SSi2/c1-8-15-16-17-36-58(50,51)42-28-24-40(25-29-42)21-20-39-22-26-41(27-23-39)47(34-30-43(48)45-32-18-37-59(52-9-2,53-10-3)54-11-4)35-31-44(49)46-33-19-38-60(55-12-5,56-13-6)57-14-7/h20-29H,8-19,30-38H2,1-7H3,(H,45,48)(H,46,49)/b21-20+. The van der Waals surface area contributed by atoms with Gasteiger partial charge in [0.2, 0.25) is 11.8 Å². The predicted octanol–water partition coefficient (Wildman–Crippen LogP) is 7.91. The third kappa shape index (κ3) is 20.3. The minimum Gasteiger partial charge on any atom is -0.374 e. The second-order valence-electron chi connectivity index (χ2n) is 14.2. The Morgan fingerprint density at radius 1 is 0.567 bits per heavy atom. The fourth-order valence-corrected chi connectivity index (χ4v) is 13.3. The van der Waals surface area contributed by atoms with Crippen molar-refractivity contribution in [2.45, 2.75) is 117 Å². The maximum atomic E-state index is 13.1. The summed E-state index contributed by atoms with van der Waals surface area (Å²) in [6.07, 6.45) is 9.46. The highest BCUT2D eigenvalue weighted by Crippen LogP contribution is 2.22. The van der Waals surface area contributed by atoms with E-state index in [9.17, 15) is 18.0 Å². The van der Waals surface area contributed by atoms with Crippen LogP contribution in [0.1, 0.15) is 111 Å². The van der Waals surface area contributed by atoms with Crippen molar-refractivity contribution in [2.75, 3.05) is 76.5 Å². The van der Waals surface area contributed by atoms with E-state index in [4.69, 9.17) is 26.6 Å². The Morgan fingerprint density at radius 2 is 0.967 bits per heavy atom. The zero-order valence-electron chi connectivity index (χ0n) is 37.6. The molecule has 0 heterocycles. The lowest BCUT2D eigenvalue weighted by Gasteiger charge is -2.28. The van der Waals surface area contributed by atoms with Gasteiger partial charge in [-0.3, -0.25) is 9.59 Å². The Hall–Kier alpha value is -2.94. The van der Waals surface area contributed by atoms with E-state index in [1.807, 2.05) is 90.1 Å². The molecule has 13 nitrogen and oxygen atoms in total. The van der Waals surface area contributed by atoms with E-state index in [2.05, 4.69) is 22.5 Å². The van der Waals surface area contributed by atoms with Crippen LogP contribution in [0.5, 0.6) is 0 Å². The van der Waals surface area contributed by atoms with Gasteiger partial charge in [0, 0.05) is 96.4 Å². The summed E-state index contributed by atoms with van der Waals surface area (Å²) in [5.74, 6) is 0.00483. The van der Waals surface area contributed by atoms with E-state index >= 15 is 0 Å². The molecule has 0 aliphatic rings. The summed E-state index contributed by atoms with van der Waals surface area (Å²) in [6.45, 7) is 18.5. The Labute approximate surface area is 363 Å². The fraction of sp³-hybridized carbons (Fsp3) is 0.636. The molecule has 0 aliphatic carbocycles. The van der Waals surface area contributed by atoms with Gasteiger partial charge in [-0.2, -0.15) is 0 Å². The van der Waals surface area contributed by atoms with Crippen LogP contribution in [0.25, 0.3) is 12.2 Å². The SMILES string of the molecule is CCCCCCS(=O)(=O)c1ccc(/C=C/c2ccc(N(CCC(=O)NCCC[Si](OCC)(OCC)OCC)CCC(=O)NCCC[Si](OCC)(OCC)OCC)cc2)cc1. The highest BCUT2D eigenvalue weighted by atomic mass is 32.2. The van der Waals surface area contributed by atoms with Crippen LogP contribution in [0.3, 0.4) is 0 Å². The van der Waals surface area contributed by atoms with Crippen LogP contribution in [-0.2, 0) is 46.0 Å². The molecule has 2 N–H and O–H groups in total. The molecule has 2 amide bonds. The first-order valence-electron chi connectivity index (χ1n) is 22.2. The molecule has 2 rings (SSSR count). The van der Waals surface area contributed by atoms with Gasteiger partial charge in [0.25, 0.3) is 0 Å². The average Bonchev–Trinajstić information content (AvgIpc) is 3.23. The molecular formula is C44H75N3O10SSi2. The third-order valence-corrected chi connectivity index (χ3v) is 17.7. The zero-order chi connectivity index (χ0) is 44.1. The van der Waals surface area contributed by atoms with E-state index in [0.29, 0.717) is 102 Å². The van der Waals surface area contributed by atoms with Crippen molar-refractivity contribution in [3.63, 3.8) is 0 Å². The number of rotatable bonds is 35. The van der Waals surface area contributed by atoms with Gasteiger partial charge in [-0.1, -0.05) is 62.6 Å². The van der Waals surface area contributed by atoms with E-state index < -0.39 is 27.4 Å². The summed E-state index contributed by atoms with van der Waals surface area (Å²) >= 11 is 0. The average molecular weight is 894 g/mol. The monoisotopic (exact) mass is 893 g/mol. The third-order valence-electron chi connectivity index (χ3n) is 9.60. The van der Waals surface area contributed by atoms with Crippen molar-refractivity contribution in [3.05, 3.63) is 59.7 Å². The lowest BCUT2D eigenvalue weighted by Crippen LogP contribution is -2.46. The summed E-state index contributed by atoms with van der Waals surface area (Å²) in [7, 11) is -8.88. The lowest BCUT2D eigenvalue weighted by atomic mass is 10.1.